The number of hydrogen-bond acceptors (Lipinski definition) is 3. The lowest BCUT2D eigenvalue weighted by Crippen LogP contribution is -2.34. The quantitative estimate of drug-likeness (QED) is 0.726. The van der Waals surface area contributed by atoms with Gasteiger partial charge in [0, 0.05) is 23.6 Å². The molecule has 0 aromatic rings. The maximum atomic E-state index is 11.5. The van der Waals surface area contributed by atoms with E-state index in [0.29, 0.717) is 13.1 Å². The predicted octanol–water partition coefficient (Wildman–Crippen LogP) is 1.21. The standard InChI is InChI=1S/C10H17NO3S/c1-10(2)3-4-11(5-6-15-10)8(12)7-9(13)14/h3-7H2,1-2H3,(H,13,14). The van der Waals surface area contributed by atoms with Crippen LogP contribution in [0.25, 0.3) is 0 Å². The highest BCUT2D eigenvalue weighted by molar-refractivity contribution is 8.00. The zero-order chi connectivity index (χ0) is 11.5. The average Bonchev–Trinajstić information content (AvgIpc) is 2.25. The highest BCUT2D eigenvalue weighted by Crippen LogP contribution is 2.30. The lowest BCUT2D eigenvalue weighted by atomic mass is 10.1. The molecule has 1 saturated heterocycles. The average molecular weight is 231 g/mol. The van der Waals surface area contributed by atoms with Gasteiger partial charge in [0.05, 0.1) is 0 Å². The Bertz CT molecular complexity index is 265. The number of aliphatic carboxylic acids is 1. The summed E-state index contributed by atoms with van der Waals surface area (Å²) in [6.07, 6.45) is 0.536. The van der Waals surface area contributed by atoms with Crippen molar-refractivity contribution >= 4 is 23.6 Å². The third-order valence-corrected chi connectivity index (χ3v) is 3.87. The summed E-state index contributed by atoms with van der Waals surface area (Å²) in [5, 5.41) is 8.53. The van der Waals surface area contributed by atoms with E-state index < -0.39 is 5.97 Å². The molecule has 15 heavy (non-hydrogen) atoms. The topological polar surface area (TPSA) is 57.6 Å². The van der Waals surface area contributed by atoms with Crippen LogP contribution in [-0.2, 0) is 9.59 Å². The number of amides is 1. The van der Waals surface area contributed by atoms with Crippen LogP contribution in [0, 0.1) is 0 Å². The molecule has 1 N–H and O–H groups in total. The summed E-state index contributed by atoms with van der Waals surface area (Å²) < 4.78 is 0.193. The van der Waals surface area contributed by atoms with Crippen molar-refractivity contribution in [2.45, 2.75) is 31.4 Å². The molecule has 0 unspecified atom stereocenters. The molecular weight excluding hydrogens is 214 g/mol. The van der Waals surface area contributed by atoms with Crippen LogP contribution in [-0.4, -0.2) is 45.5 Å². The van der Waals surface area contributed by atoms with Crippen molar-refractivity contribution < 1.29 is 14.7 Å². The number of carbonyl (C=O) groups excluding carboxylic acids is 1. The van der Waals surface area contributed by atoms with Gasteiger partial charge in [-0.3, -0.25) is 9.59 Å². The molecule has 0 spiro atoms. The molecule has 1 amide bonds. The fraction of sp³-hybridized carbons (Fsp3) is 0.800. The summed E-state index contributed by atoms with van der Waals surface area (Å²) in [5.41, 5.74) is 0. The van der Waals surface area contributed by atoms with Crippen molar-refractivity contribution in [2.75, 3.05) is 18.8 Å². The number of rotatable bonds is 2. The Balaban J connectivity index is 2.50. The van der Waals surface area contributed by atoms with Crippen molar-refractivity contribution in [3.63, 3.8) is 0 Å². The van der Waals surface area contributed by atoms with Crippen LogP contribution >= 0.6 is 11.8 Å². The van der Waals surface area contributed by atoms with E-state index in [2.05, 4.69) is 13.8 Å². The Hall–Kier alpha value is -0.710. The highest BCUT2D eigenvalue weighted by atomic mass is 32.2. The number of carbonyl (C=O) groups is 2. The minimum atomic E-state index is -1.05. The number of hydrogen-bond donors (Lipinski definition) is 1. The Morgan fingerprint density at radius 1 is 1.40 bits per heavy atom. The predicted molar refractivity (Wildman–Crippen MR) is 60.0 cm³/mol. The van der Waals surface area contributed by atoms with E-state index in [4.69, 9.17) is 5.11 Å². The van der Waals surface area contributed by atoms with Gasteiger partial charge in [0.1, 0.15) is 6.42 Å². The summed E-state index contributed by atoms with van der Waals surface area (Å²) in [5.74, 6) is -0.421. The first kappa shape index (κ1) is 12.4. The van der Waals surface area contributed by atoms with E-state index in [-0.39, 0.29) is 17.1 Å². The normalized spacial score (nSPS) is 20.8. The van der Waals surface area contributed by atoms with Gasteiger partial charge in [-0.25, -0.2) is 0 Å². The fourth-order valence-corrected chi connectivity index (χ4v) is 2.61. The molecule has 1 heterocycles. The molecular formula is C10H17NO3S. The lowest BCUT2D eigenvalue weighted by molar-refractivity contribution is -0.144. The first-order valence-electron chi connectivity index (χ1n) is 5.04. The van der Waals surface area contributed by atoms with Crippen LogP contribution < -0.4 is 0 Å². The molecule has 86 valence electrons. The Labute approximate surface area is 94.0 Å². The van der Waals surface area contributed by atoms with Crippen molar-refractivity contribution in [3.8, 4) is 0 Å². The SMILES string of the molecule is CC1(C)CCN(C(=O)CC(=O)O)CCS1. The molecule has 0 bridgehead atoms. The highest BCUT2D eigenvalue weighted by Gasteiger charge is 2.26. The lowest BCUT2D eigenvalue weighted by Gasteiger charge is -2.22. The molecule has 4 nitrogen and oxygen atoms in total. The maximum absolute atomic E-state index is 11.5. The number of thioether (sulfide) groups is 1. The molecule has 1 fully saturated rings. The number of carboxylic acids is 1. The Morgan fingerprint density at radius 3 is 2.67 bits per heavy atom. The van der Waals surface area contributed by atoms with Crippen LogP contribution in [0.15, 0.2) is 0 Å². The zero-order valence-electron chi connectivity index (χ0n) is 9.15. The van der Waals surface area contributed by atoms with Crippen LogP contribution in [0.1, 0.15) is 26.7 Å². The number of nitrogens with zero attached hydrogens (tertiary/aromatic N) is 1. The van der Waals surface area contributed by atoms with Gasteiger partial charge < -0.3 is 10.0 Å². The van der Waals surface area contributed by atoms with Gasteiger partial charge in [0.25, 0.3) is 0 Å². The van der Waals surface area contributed by atoms with Crippen molar-refractivity contribution in [1.82, 2.24) is 4.90 Å². The molecule has 1 aliphatic heterocycles. The summed E-state index contributed by atoms with van der Waals surface area (Å²) in [6, 6.07) is 0. The fourth-order valence-electron chi connectivity index (χ4n) is 1.51. The third kappa shape index (κ3) is 4.11. The summed E-state index contributed by atoms with van der Waals surface area (Å²) in [6.45, 7) is 5.65. The smallest absolute Gasteiger partial charge is 0.312 e. The molecule has 0 saturated carbocycles. The second-order valence-electron chi connectivity index (χ2n) is 4.31. The summed E-state index contributed by atoms with van der Waals surface area (Å²) in [4.78, 5) is 23.6. The minimum absolute atomic E-state index is 0.193. The van der Waals surface area contributed by atoms with Gasteiger partial charge in [0.2, 0.25) is 5.91 Å². The van der Waals surface area contributed by atoms with Gasteiger partial charge in [-0.15, -0.1) is 0 Å². The largest absolute Gasteiger partial charge is 0.481 e. The Kier molecular flexibility index (Phi) is 4.02. The van der Waals surface area contributed by atoms with E-state index in [1.54, 1.807) is 4.90 Å². The second kappa shape index (κ2) is 4.88. The van der Waals surface area contributed by atoms with Crippen molar-refractivity contribution in [1.29, 1.82) is 0 Å². The minimum Gasteiger partial charge on any atom is -0.481 e. The van der Waals surface area contributed by atoms with Crippen molar-refractivity contribution in [3.05, 3.63) is 0 Å². The molecule has 1 aliphatic rings. The first-order valence-corrected chi connectivity index (χ1v) is 6.03. The molecule has 0 aromatic heterocycles. The summed E-state index contributed by atoms with van der Waals surface area (Å²) >= 11 is 1.84. The number of carboxylic acid groups (broad SMARTS) is 1. The van der Waals surface area contributed by atoms with Gasteiger partial charge in [0.15, 0.2) is 0 Å². The monoisotopic (exact) mass is 231 g/mol. The van der Waals surface area contributed by atoms with E-state index in [1.807, 2.05) is 11.8 Å². The van der Waals surface area contributed by atoms with E-state index in [0.717, 1.165) is 12.2 Å². The van der Waals surface area contributed by atoms with Gasteiger partial charge in [-0.05, 0) is 6.42 Å². The van der Waals surface area contributed by atoms with E-state index in [1.165, 1.54) is 0 Å². The molecule has 0 aliphatic carbocycles. The van der Waals surface area contributed by atoms with Crippen LogP contribution in [0.5, 0.6) is 0 Å². The molecule has 1 rings (SSSR count). The first-order chi connectivity index (χ1) is 6.91. The maximum Gasteiger partial charge on any atom is 0.312 e. The molecule has 0 radical (unpaired) electrons. The second-order valence-corrected chi connectivity index (χ2v) is 6.11. The molecule has 0 atom stereocenters. The van der Waals surface area contributed by atoms with E-state index in [9.17, 15) is 9.59 Å². The van der Waals surface area contributed by atoms with Crippen LogP contribution in [0.2, 0.25) is 0 Å². The van der Waals surface area contributed by atoms with Gasteiger partial charge in [-0.1, -0.05) is 13.8 Å². The Morgan fingerprint density at radius 2 is 2.07 bits per heavy atom. The molecule has 0 aromatic carbocycles. The summed E-state index contributed by atoms with van der Waals surface area (Å²) in [7, 11) is 0. The van der Waals surface area contributed by atoms with Crippen LogP contribution in [0.3, 0.4) is 0 Å². The zero-order valence-corrected chi connectivity index (χ0v) is 9.97. The van der Waals surface area contributed by atoms with Crippen LogP contribution in [0.4, 0.5) is 0 Å². The third-order valence-electron chi connectivity index (χ3n) is 2.49. The molecule has 5 heteroatoms. The van der Waals surface area contributed by atoms with Crippen molar-refractivity contribution in [2.24, 2.45) is 0 Å². The van der Waals surface area contributed by atoms with Gasteiger partial charge >= 0.3 is 5.97 Å². The van der Waals surface area contributed by atoms with Gasteiger partial charge in [-0.2, -0.15) is 11.8 Å². The van der Waals surface area contributed by atoms with E-state index >= 15 is 0 Å².